The van der Waals surface area contributed by atoms with E-state index in [0.29, 0.717) is 5.69 Å². The van der Waals surface area contributed by atoms with Crippen molar-refractivity contribution in [1.29, 1.82) is 10.7 Å². The fourth-order valence-corrected chi connectivity index (χ4v) is 2.06. The molecule has 4 aromatic rings. The SMILES string of the molecule is N#CN(C(=N)N=C=[N-])c1ccccc1.[Sn].c1ccccc1.c1ccccc1.c1ccccc1. The third-order valence-corrected chi connectivity index (χ3v) is 3.48. The van der Waals surface area contributed by atoms with Crippen molar-refractivity contribution in [2.45, 2.75) is 0 Å². The van der Waals surface area contributed by atoms with Crippen molar-refractivity contribution in [1.82, 2.24) is 0 Å². The number of benzene rings is 4. The van der Waals surface area contributed by atoms with Gasteiger partial charge in [-0.05, 0) is 12.1 Å². The number of guanidine groups is 1. The molecule has 0 unspecified atom stereocenters. The predicted molar refractivity (Wildman–Crippen MR) is 138 cm³/mol. The average Bonchev–Trinajstić information content (AvgIpc) is 2.90. The van der Waals surface area contributed by atoms with Gasteiger partial charge in [-0.1, -0.05) is 127 Å². The van der Waals surface area contributed by atoms with Gasteiger partial charge in [-0.2, -0.15) is 5.26 Å². The summed E-state index contributed by atoms with van der Waals surface area (Å²) < 4.78 is 0. The number of para-hydroxylation sites is 1. The van der Waals surface area contributed by atoms with Crippen LogP contribution in [0.4, 0.5) is 5.69 Å². The molecule has 0 bridgehead atoms. The van der Waals surface area contributed by atoms with Crippen molar-refractivity contribution in [3.63, 3.8) is 0 Å². The number of aliphatic imine (C=N–C) groups is 1. The molecule has 0 aromatic heterocycles. The van der Waals surface area contributed by atoms with E-state index in [1.807, 2.05) is 109 Å². The van der Waals surface area contributed by atoms with Gasteiger partial charge in [0.2, 0.25) is 0 Å². The first-order valence-corrected chi connectivity index (χ1v) is 9.73. The van der Waals surface area contributed by atoms with Crippen molar-refractivity contribution in [3.8, 4) is 6.19 Å². The maximum Gasteiger partial charge on any atom is 0.190 e. The number of anilines is 1. The van der Waals surface area contributed by atoms with Gasteiger partial charge >= 0.3 is 0 Å². The smallest absolute Gasteiger partial charge is 0.190 e. The monoisotopic (exact) mass is 538 g/mol. The molecule has 6 heteroatoms. The van der Waals surface area contributed by atoms with Crippen molar-refractivity contribution >= 4 is 41.6 Å². The van der Waals surface area contributed by atoms with E-state index < -0.39 is 0 Å². The number of nitriles is 1. The van der Waals surface area contributed by atoms with Crippen LogP contribution in [-0.4, -0.2) is 35.9 Å². The fourth-order valence-electron chi connectivity index (χ4n) is 2.06. The predicted octanol–water partition coefficient (Wildman–Crippen LogP) is 6.33. The molecular weight excluding hydrogens is 513 g/mol. The van der Waals surface area contributed by atoms with Gasteiger partial charge in [0.05, 0.1) is 5.69 Å². The van der Waals surface area contributed by atoms with Crippen molar-refractivity contribution in [2.24, 2.45) is 4.99 Å². The molecule has 0 aliphatic rings. The van der Waals surface area contributed by atoms with Crippen LogP contribution in [-0.2, 0) is 0 Å². The van der Waals surface area contributed by atoms with E-state index in [2.05, 4.69) is 4.99 Å². The second-order valence-electron chi connectivity index (χ2n) is 5.77. The normalized spacial score (nSPS) is 7.85. The largest absolute Gasteiger partial charge is 0.422 e. The molecule has 0 saturated carbocycles. The Morgan fingerprint density at radius 1 is 0.636 bits per heavy atom. The molecule has 1 N–H and O–H groups in total. The van der Waals surface area contributed by atoms with Crippen LogP contribution in [0, 0.1) is 16.9 Å². The Labute approximate surface area is 212 Å². The number of rotatable bonds is 1. The van der Waals surface area contributed by atoms with Gasteiger partial charge in [0, 0.05) is 23.9 Å². The molecule has 5 nitrogen and oxygen atoms in total. The Morgan fingerprint density at radius 2 is 0.909 bits per heavy atom. The number of hydrogen-bond donors (Lipinski definition) is 1. The van der Waals surface area contributed by atoms with Crippen LogP contribution in [0.5, 0.6) is 0 Å². The summed E-state index contributed by atoms with van der Waals surface area (Å²) in [6, 6.07) is 46.0. The zero-order valence-electron chi connectivity index (χ0n) is 18.1. The van der Waals surface area contributed by atoms with Crippen LogP contribution in [0.1, 0.15) is 0 Å². The van der Waals surface area contributed by atoms with Gasteiger partial charge in [0.25, 0.3) is 0 Å². The standard InChI is InChI=1S/C9H6N5.3C6H6.Sn/c10-6-13-9(12)14(7-11)8-4-2-1-3-5-8;3*1-2-4-6-5-3-1;/h1-5,12H;3*1-6H;/q-1;;;;. The Bertz CT molecular complexity index is 892. The molecule has 0 aliphatic heterocycles. The van der Waals surface area contributed by atoms with Crippen LogP contribution < -0.4 is 4.90 Å². The molecule has 4 radical (unpaired) electrons. The fraction of sp³-hybridized carbons (Fsp3) is 0. The van der Waals surface area contributed by atoms with E-state index in [0.717, 1.165) is 4.90 Å². The average molecular weight is 537 g/mol. The third-order valence-electron chi connectivity index (χ3n) is 3.48. The molecule has 4 aromatic carbocycles. The number of hydrogen-bond acceptors (Lipinski definition) is 2. The summed E-state index contributed by atoms with van der Waals surface area (Å²) >= 11 is 0. The third kappa shape index (κ3) is 15.5. The second-order valence-corrected chi connectivity index (χ2v) is 5.77. The maximum atomic E-state index is 8.74. The van der Waals surface area contributed by atoms with E-state index in [1.54, 1.807) is 36.5 Å². The van der Waals surface area contributed by atoms with Gasteiger partial charge < -0.3 is 10.4 Å². The Balaban J connectivity index is 0.000000449. The van der Waals surface area contributed by atoms with E-state index in [9.17, 15) is 0 Å². The second kappa shape index (κ2) is 21.3. The summed E-state index contributed by atoms with van der Waals surface area (Å²) in [6.45, 7) is 0. The van der Waals surface area contributed by atoms with Crippen LogP contribution >= 0.6 is 0 Å². The van der Waals surface area contributed by atoms with Crippen LogP contribution in [0.2, 0.25) is 0 Å². The first-order valence-electron chi connectivity index (χ1n) is 9.73. The van der Waals surface area contributed by atoms with Gasteiger partial charge in [0.15, 0.2) is 6.19 Å². The van der Waals surface area contributed by atoms with Crippen molar-refractivity contribution in [3.05, 3.63) is 145 Å². The van der Waals surface area contributed by atoms with Crippen molar-refractivity contribution < 1.29 is 0 Å². The van der Waals surface area contributed by atoms with Gasteiger partial charge in [-0.15, -0.1) is 6.01 Å². The van der Waals surface area contributed by atoms with Gasteiger partial charge in [0.1, 0.15) is 5.96 Å². The van der Waals surface area contributed by atoms with E-state index in [1.165, 1.54) is 6.01 Å². The van der Waals surface area contributed by atoms with Crippen molar-refractivity contribution in [2.75, 3.05) is 4.90 Å². The Hall–Kier alpha value is -3.98. The number of nitrogens with one attached hydrogen (secondary N) is 1. The van der Waals surface area contributed by atoms with Crippen LogP contribution in [0.15, 0.2) is 145 Å². The van der Waals surface area contributed by atoms with Gasteiger partial charge in [-0.3, -0.25) is 5.41 Å². The molecular formula is C27H24N5Sn-. The summed E-state index contributed by atoms with van der Waals surface area (Å²) in [6.07, 6.45) is 1.77. The zero-order valence-corrected chi connectivity index (χ0v) is 20.9. The first kappa shape index (κ1) is 29.0. The van der Waals surface area contributed by atoms with Crippen LogP contribution in [0.3, 0.4) is 0 Å². The molecule has 33 heavy (non-hydrogen) atoms. The van der Waals surface area contributed by atoms with E-state index in [4.69, 9.17) is 16.1 Å². The zero-order chi connectivity index (χ0) is 23.1. The summed E-state index contributed by atoms with van der Waals surface area (Å²) in [7, 11) is 0. The minimum absolute atomic E-state index is 0. The number of nitrogens with zero attached hydrogens (tertiary/aromatic N) is 4. The minimum Gasteiger partial charge on any atom is -0.422 e. The molecule has 4 rings (SSSR count). The Morgan fingerprint density at radius 3 is 1.15 bits per heavy atom. The molecule has 0 amide bonds. The topological polar surface area (TPSA) is 85.5 Å². The summed E-state index contributed by atoms with van der Waals surface area (Å²) in [5, 5.41) is 24.3. The maximum absolute atomic E-state index is 8.74. The molecule has 162 valence electrons. The quantitative estimate of drug-likeness (QED) is 0.101. The summed E-state index contributed by atoms with van der Waals surface area (Å²) in [4.78, 5) is 4.13. The molecule has 0 aliphatic carbocycles. The Kier molecular flexibility index (Phi) is 18.7. The first-order chi connectivity index (χ1) is 15.8. The molecule has 0 fully saturated rings. The van der Waals surface area contributed by atoms with Gasteiger partial charge in [-0.25, -0.2) is 4.90 Å². The summed E-state index contributed by atoms with van der Waals surface area (Å²) in [5.74, 6) is -0.388. The van der Waals surface area contributed by atoms with Crippen LogP contribution in [0.25, 0.3) is 5.41 Å². The van der Waals surface area contributed by atoms with E-state index in [-0.39, 0.29) is 29.9 Å². The molecule has 0 atom stereocenters. The summed E-state index contributed by atoms with van der Waals surface area (Å²) in [5.41, 5.74) is 0.513. The molecule has 0 saturated heterocycles. The molecule has 0 heterocycles. The van der Waals surface area contributed by atoms with E-state index >= 15 is 0 Å². The molecule has 0 spiro atoms. The minimum atomic E-state index is -0.388.